The maximum atomic E-state index is 13.3. The highest BCUT2D eigenvalue weighted by molar-refractivity contribution is 5.98. The number of benzene rings is 1. The lowest BCUT2D eigenvalue weighted by molar-refractivity contribution is 0.0699. The van der Waals surface area contributed by atoms with E-state index in [2.05, 4.69) is 14.5 Å². The maximum Gasteiger partial charge on any atom is 0.257 e. The molecule has 3 aromatic rings. The largest absolute Gasteiger partial charge is 0.496 e. The van der Waals surface area contributed by atoms with Gasteiger partial charge < -0.3 is 14.2 Å². The molecule has 29 heavy (non-hydrogen) atoms. The van der Waals surface area contributed by atoms with E-state index in [1.807, 2.05) is 66.9 Å². The van der Waals surface area contributed by atoms with Gasteiger partial charge in [0.2, 0.25) is 0 Å². The summed E-state index contributed by atoms with van der Waals surface area (Å²) in [5.41, 5.74) is 2.79. The van der Waals surface area contributed by atoms with Crippen molar-refractivity contribution in [3.63, 3.8) is 0 Å². The first-order chi connectivity index (χ1) is 14.2. The van der Waals surface area contributed by atoms with Gasteiger partial charge in [-0.2, -0.15) is 0 Å². The molecule has 0 aliphatic carbocycles. The molecule has 6 nitrogen and oxygen atoms in total. The normalized spacial score (nSPS) is 16.6. The van der Waals surface area contributed by atoms with Gasteiger partial charge in [-0.1, -0.05) is 12.1 Å². The van der Waals surface area contributed by atoms with Gasteiger partial charge in [0.25, 0.3) is 5.91 Å². The number of nitrogens with zero attached hydrogens (tertiary/aromatic N) is 4. The van der Waals surface area contributed by atoms with Crippen LogP contribution in [0.4, 0.5) is 0 Å². The molecule has 0 spiro atoms. The Morgan fingerprint density at radius 2 is 2.03 bits per heavy atom. The fraction of sp³-hybridized carbons (Fsp3) is 0.348. The molecule has 150 valence electrons. The fourth-order valence-electron chi connectivity index (χ4n) is 4.11. The van der Waals surface area contributed by atoms with E-state index in [1.54, 1.807) is 7.11 Å². The summed E-state index contributed by atoms with van der Waals surface area (Å²) in [5.74, 6) is 1.93. The Labute approximate surface area is 171 Å². The van der Waals surface area contributed by atoms with Crippen molar-refractivity contribution >= 4 is 5.91 Å². The molecule has 4 rings (SSSR count). The Bertz CT molecular complexity index is 984. The Morgan fingerprint density at radius 1 is 1.21 bits per heavy atom. The maximum absolute atomic E-state index is 13.3. The van der Waals surface area contributed by atoms with Gasteiger partial charge in [0.15, 0.2) is 0 Å². The number of aromatic nitrogens is 3. The van der Waals surface area contributed by atoms with Crippen molar-refractivity contribution in [3.05, 3.63) is 77.6 Å². The Morgan fingerprint density at radius 3 is 2.83 bits per heavy atom. The van der Waals surface area contributed by atoms with Crippen LogP contribution in [0.15, 0.2) is 55.1 Å². The van der Waals surface area contributed by atoms with Gasteiger partial charge in [-0.25, -0.2) is 4.98 Å². The molecule has 3 heterocycles. The fourth-order valence-corrected chi connectivity index (χ4v) is 4.11. The molecule has 1 aliphatic rings. The summed E-state index contributed by atoms with van der Waals surface area (Å²) < 4.78 is 7.64. The molecule has 0 unspecified atom stereocenters. The highest BCUT2D eigenvalue weighted by Crippen LogP contribution is 2.30. The van der Waals surface area contributed by atoms with E-state index in [9.17, 15) is 4.79 Å². The van der Waals surface area contributed by atoms with Crippen LogP contribution in [0.1, 0.15) is 46.1 Å². The van der Waals surface area contributed by atoms with Crippen LogP contribution in [0.2, 0.25) is 0 Å². The lowest BCUT2D eigenvalue weighted by atomic mass is 9.95. The lowest BCUT2D eigenvalue weighted by Crippen LogP contribution is -2.40. The van der Waals surface area contributed by atoms with Gasteiger partial charge in [-0.15, -0.1) is 0 Å². The zero-order valence-electron chi connectivity index (χ0n) is 16.9. The number of pyridine rings is 1. The summed E-state index contributed by atoms with van der Waals surface area (Å²) in [4.78, 5) is 24.0. The molecule has 0 radical (unpaired) electrons. The topological polar surface area (TPSA) is 60.2 Å². The predicted molar refractivity (Wildman–Crippen MR) is 111 cm³/mol. The zero-order chi connectivity index (χ0) is 20.2. The molecule has 1 fully saturated rings. The van der Waals surface area contributed by atoms with Crippen LogP contribution in [-0.2, 0) is 6.54 Å². The second-order valence-corrected chi connectivity index (χ2v) is 7.51. The molecule has 1 saturated heterocycles. The van der Waals surface area contributed by atoms with E-state index in [4.69, 9.17) is 4.74 Å². The number of imidazole rings is 1. The number of hydrogen-bond acceptors (Lipinski definition) is 4. The van der Waals surface area contributed by atoms with E-state index in [0.717, 1.165) is 37.3 Å². The van der Waals surface area contributed by atoms with Gasteiger partial charge in [0.1, 0.15) is 11.6 Å². The van der Waals surface area contributed by atoms with Gasteiger partial charge in [0, 0.05) is 50.3 Å². The van der Waals surface area contributed by atoms with Crippen LogP contribution in [-0.4, -0.2) is 45.5 Å². The van der Waals surface area contributed by atoms with Crippen LogP contribution in [0.3, 0.4) is 0 Å². The first-order valence-corrected chi connectivity index (χ1v) is 10.00. The minimum absolute atomic E-state index is 0.0388. The van der Waals surface area contributed by atoms with Crippen molar-refractivity contribution in [1.29, 1.82) is 0 Å². The molecule has 1 aromatic carbocycles. The van der Waals surface area contributed by atoms with Crippen molar-refractivity contribution in [2.24, 2.45) is 0 Å². The number of hydrogen-bond donors (Lipinski definition) is 0. The average molecular weight is 390 g/mol. The van der Waals surface area contributed by atoms with E-state index in [-0.39, 0.29) is 11.8 Å². The Hall–Kier alpha value is -3.15. The van der Waals surface area contributed by atoms with E-state index in [0.29, 0.717) is 17.9 Å². The molecule has 1 amide bonds. The number of rotatable bonds is 5. The summed E-state index contributed by atoms with van der Waals surface area (Å²) in [6, 6.07) is 9.76. The quantitative estimate of drug-likeness (QED) is 0.667. The molecule has 6 heteroatoms. The van der Waals surface area contributed by atoms with Crippen molar-refractivity contribution in [2.45, 2.75) is 32.2 Å². The summed E-state index contributed by atoms with van der Waals surface area (Å²) in [6.45, 7) is 4.15. The van der Waals surface area contributed by atoms with Gasteiger partial charge in [-0.05, 0) is 49.1 Å². The van der Waals surface area contributed by atoms with Crippen molar-refractivity contribution in [3.8, 4) is 5.75 Å². The number of piperidine rings is 1. The average Bonchev–Trinajstić information content (AvgIpc) is 3.22. The third kappa shape index (κ3) is 4.01. The molecule has 0 N–H and O–H groups in total. The highest BCUT2D eigenvalue weighted by atomic mass is 16.5. The van der Waals surface area contributed by atoms with Crippen LogP contribution < -0.4 is 4.74 Å². The standard InChI is InChI=1S/C23H26N4O2/c1-17-5-3-7-20(29-2)21(17)23(28)27-13-4-6-19(16-27)22-25-12-14-26(22)15-18-8-10-24-11-9-18/h3,5,7-12,14,19H,4,6,13,15-16H2,1-2H3/t19-/m0/s1. The second kappa shape index (κ2) is 8.47. The highest BCUT2D eigenvalue weighted by Gasteiger charge is 2.30. The van der Waals surface area contributed by atoms with Gasteiger partial charge in [0.05, 0.1) is 12.7 Å². The molecule has 2 aromatic heterocycles. The molecule has 0 bridgehead atoms. The smallest absolute Gasteiger partial charge is 0.257 e. The monoisotopic (exact) mass is 390 g/mol. The Balaban J connectivity index is 1.54. The number of carbonyl (C=O) groups excluding carboxylic acids is 1. The summed E-state index contributed by atoms with van der Waals surface area (Å²) in [5, 5.41) is 0. The van der Waals surface area contributed by atoms with E-state index < -0.39 is 0 Å². The second-order valence-electron chi connectivity index (χ2n) is 7.51. The van der Waals surface area contributed by atoms with Crippen molar-refractivity contribution in [2.75, 3.05) is 20.2 Å². The molecule has 1 atom stereocenters. The van der Waals surface area contributed by atoms with Gasteiger partial charge >= 0.3 is 0 Å². The number of methoxy groups -OCH3 is 1. The van der Waals surface area contributed by atoms with Crippen LogP contribution in [0.25, 0.3) is 0 Å². The predicted octanol–water partition coefficient (Wildman–Crippen LogP) is 3.66. The minimum atomic E-state index is 0.0388. The van der Waals surface area contributed by atoms with Crippen molar-refractivity contribution < 1.29 is 9.53 Å². The summed E-state index contributed by atoms with van der Waals surface area (Å²) in [6.07, 6.45) is 9.47. The van der Waals surface area contributed by atoms with E-state index in [1.165, 1.54) is 5.56 Å². The number of aryl methyl sites for hydroxylation is 1. The minimum Gasteiger partial charge on any atom is -0.496 e. The van der Waals surface area contributed by atoms with Crippen LogP contribution in [0, 0.1) is 6.92 Å². The number of amides is 1. The molecular weight excluding hydrogens is 364 g/mol. The third-order valence-electron chi connectivity index (χ3n) is 5.59. The number of likely N-dealkylation sites (tertiary alicyclic amines) is 1. The zero-order valence-corrected chi connectivity index (χ0v) is 16.9. The van der Waals surface area contributed by atoms with Crippen molar-refractivity contribution in [1.82, 2.24) is 19.4 Å². The van der Waals surface area contributed by atoms with Gasteiger partial charge in [-0.3, -0.25) is 9.78 Å². The summed E-state index contributed by atoms with van der Waals surface area (Å²) >= 11 is 0. The molecule has 0 saturated carbocycles. The number of carbonyl (C=O) groups is 1. The van der Waals surface area contributed by atoms with Crippen LogP contribution in [0.5, 0.6) is 5.75 Å². The summed E-state index contributed by atoms with van der Waals surface area (Å²) in [7, 11) is 1.61. The first kappa shape index (κ1) is 19.2. The molecular formula is C23H26N4O2. The van der Waals surface area contributed by atoms with Crippen LogP contribution >= 0.6 is 0 Å². The number of ether oxygens (including phenoxy) is 1. The lowest BCUT2D eigenvalue weighted by Gasteiger charge is -2.33. The SMILES string of the molecule is COc1cccc(C)c1C(=O)N1CCC[C@H](c2nccn2Cc2ccncc2)C1. The Kier molecular flexibility index (Phi) is 5.60. The first-order valence-electron chi connectivity index (χ1n) is 10.00. The van der Waals surface area contributed by atoms with E-state index >= 15 is 0 Å². The molecule has 1 aliphatic heterocycles. The third-order valence-corrected chi connectivity index (χ3v) is 5.59.